The maximum atomic E-state index is 12.5. The summed E-state index contributed by atoms with van der Waals surface area (Å²) in [6.45, 7) is 4.00. The lowest BCUT2D eigenvalue weighted by Crippen LogP contribution is -2.45. The van der Waals surface area contributed by atoms with Crippen LogP contribution >= 0.6 is 0 Å². The Kier molecular flexibility index (Phi) is 7.85. The van der Waals surface area contributed by atoms with E-state index in [9.17, 15) is 22.9 Å². The van der Waals surface area contributed by atoms with Crippen molar-refractivity contribution in [3.8, 4) is 5.75 Å². The molecular weight excluding hydrogens is 353 g/mol. The van der Waals surface area contributed by atoms with Gasteiger partial charge in [-0.2, -0.15) is 13.2 Å². The number of benzene rings is 1. The van der Waals surface area contributed by atoms with Gasteiger partial charge in [0.15, 0.2) is 7.11 Å². The molecule has 1 aromatic carbocycles. The highest BCUT2D eigenvalue weighted by molar-refractivity contribution is 5.81. The van der Waals surface area contributed by atoms with Gasteiger partial charge in [0.1, 0.15) is 5.75 Å². The van der Waals surface area contributed by atoms with Crippen LogP contribution < -0.4 is 4.74 Å². The number of ether oxygens (including phenoxy) is 1. The smallest absolute Gasteiger partial charge is 0.471 e. The molecule has 2 rings (SSSR count). The molecule has 26 heavy (non-hydrogen) atoms. The van der Waals surface area contributed by atoms with Crippen molar-refractivity contribution >= 4 is 11.6 Å². The molecule has 146 valence electrons. The highest BCUT2D eigenvalue weighted by Crippen LogP contribution is 2.37. The second-order valence-corrected chi connectivity index (χ2v) is 5.43. The van der Waals surface area contributed by atoms with Gasteiger partial charge in [0.25, 0.3) is 4.92 Å². The van der Waals surface area contributed by atoms with Gasteiger partial charge in [0, 0.05) is 30.8 Å². The molecule has 0 spiro atoms. The highest BCUT2D eigenvalue weighted by Gasteiger charge is 2.43. The Morgan fingerprint density at radius 3 is 2.23 bits per heavy atom. The number of likely N-dealkylation sites (tertiary alicyclic amines) is 1. The van der Waals surface area contributed by atoms with Crippen LogP contribution in [-0.2, 0) is 9.63 Å². The van der Waals surface area contributed by atoms with Crippen LogP contribution in [-0.4, -0.2) is 49.2 Å². The number of hydrogen-bond acceptors (Lipinski definition) is 4. The Morgan fingerprint density at radius 2 is 1.77 bits per heavy atom. The van der Waals surface area contributed by atoms with Crippen molar-refractivity contribution < 1.29 is 32.5 Å². The van der Waals surface area contributed by atoms with Crippen molar-refractivity contribution in [1.82, 2.24) is 4.90 Å². The van der Waals surface area contributed by atoms with Gasteiger partial charge in [-0.25, -0.2) is 4.84 Å². The summed E-state index contributed by atoms with van der Waals surface area (Å²) in [5.74, 6) is -1.38. The SMILES string of the molecule is CC.COc1ccc([N+](=O)OC)cc1C1CCN(C(=O)C(F)(F)F)CC1. The molecule has 1 aromatic rings. The van der Waals surface area contributed by atoms with Crippen LogP contribution in [0.5, 0.6) is 5.75 Å². The second kappa shape index (κ2) is 9.40. The van der Waals surface area contributed by atoms with E-state index in [0.29, 0.717) is 29.1 Å². The predicted octanol–water partition coefficient (Wildman–Crippen LogP) is 3.96. The van der Waals surface area contributed by atoms with E-state index in [1.807, 2.05) is 13.8 Å². The largest absolute Gasteiger partial charge is 0.496 e. The molecule has 0 bridgehead atoms. The third-order valence-corrected chi connectivity index (χ3v) is 4.05. The minimum atomic E-state index is -4.86. The van der Waals surface area contributed by atoms with Crippen molar-refractivity contribution in [3.05, 3.63) is 28.7 Å². The Bertz CT molecular complexity index is 627. The summed E-state index contributed by atoms with van der Waals surface area (Å²) in [7, 11) is 2.71. The number of alkyl halides is 3. The van der Waals surface area contributed by atoms with Crippen molar-refractivity contribution in [2.45, 2.75) is 38.8 Å². The van der Waals surface area contributed by atoms with Gasteiger partial charge in [-0.3, -0.25) is 4.79 Å². The van der Waals surface area contributed by atoms with E-state index >= 15 is 0 Å². The summed E-state index contributed by atoms with van der Waals surface area (Å²) in [6, 6.07) is 4.74. The van der Waals surface area contributed by atoms with E-state index in [-0.39, 0.29) is 24.7 Å². The fraction of sp³-hybridized carbons (Fsp3) is 0.588. The monoisotopic (exact) mass is 377 g/mol. The first-order valence-electron chi connectivity index (χ1n) is 8.33. The lowest BCUT2D eigenvalue weighted by Gasteiger charge is -2.32. The van der Waals surface area contributed by atoms with Gasteiger partial charge < -0.3 is 9.64 Å². The zero-order valence-electron chi connectivity index (χ0n) is 15.3. The van der Waals surface area contributed by atoms with E-state index in [4.69, 9.17) is 4.74 Å². The standard InChI is InChI=1S/C15H18F3N2O4.C2H6/c1-23-13-4-3-11(20(22)24-2)9-12(13)10-5-7-19(8-6-10)14(21)15(16,17)18;1-2/h3-4,9-10H,5-8H2,1-2H3;1-2H3/q+1;. The topological polar surface area (TPSA) is 58.9 Å². The number of carbonyl (C=O) groups excluding carboxylic acids is 1. The van der Waals surface area contributed by atoms with Crippen LogP contribution in [0.3, 0.4) is 0 Å². The Hall–Kier alpha value is -2.32. The Balaban J connectivity index is 0.00000163. The summed E-state index contributed by atoms with van der Waals surface area (Å²) in [6.07, 6.45) is -4.15. The summed E-state index contributed by atoms with van der Waals surface area (Å²) in [4.78, 5) is 28.6. The number of amides is 1. The minimum absolute atomic E-state index is 0.00175. The molecule has 0 unspecified atom stereocenters. The molecule has 0 radical (unpaired) electrons. The molecule has 1 saturated heterocycles. The summed E-state index contributed by atoms with van der Waals surface area (Å²) in [5, 5.41) is 0. The molecule has 6 nitrogen and oxygen atoms in total. The van der Waals surface area contributed by atoms with Crippen LogP contribution in [0, 0.1) is 4.91 Å². The Labute approximate surface area is 150 Å². The van der Waals surface area contributed by atoms with E-state index in [1.54, 1.807) is 12.1 Å². The van der Waals surface area contributed by atoms with Crippen molar-refractivity contribution in [2.75, 3.05) is 27.3 Å². The van der Waals surface area contributed by atoms with Crippen LogP contribution in [0.4, 0.5) is 18.9 Å². The van der Waals surface area contributed by atoms with Crippen molar-refractivity contribution in [2.24, 2.45) is 0 Å². The van der Waals surface area contributed by atoms with Gasteiger partial charge in [-0.1, -0.05) is 13.8 Å². The van der Waals surface area contributed by atoms with Gasteiger partial charge in [0.05, 0.1) is 12.0 Å². The molecule has 1 aliphatic rings. The van der Waals surface area contributed by atoms with Crippen molar-refractivity contribution in [3.63, 3.8) is 0 Å². The third kappa shape index (κ3) is 5.09. The van der Waals surface area contributed by atoms with E-state index in [2.05, 4.69) is 4.84 Å². The molecular formula is C17H24F3N2O4+. The number of halogens is 3. The first-order valence-corrected chi connectivity index (χ1v) is 8.33. The number of nitrogens with zero attached hydrogens (tertiary/aromatic N) is 2. The molecule has 0 N–H and O–H groups in total. The fourth-order valence-corrected chi connectivity index (χ4v) is 2.83. The number of piperidine rings is 1. The maximum absolute atomic E-state index is 12.5. The van der Waals surface area contributed by atoms with Crippen LogP contribution in [0.1, 0.15) is 38.2 Å². The molecule has 0 aliphatic carbocycles. The second-order valence-electron chi connectivity index (χ2n) is 5.43. The van der Waals surface area contributed by atoms with Gasteiger partial charge in [-0.05, 0) is 24.8 Å². The normalized spacial score (nSPS) is 15.0. The number of carbonyl (C=O) groups is 1. The van der Waals surface area contributed by atoms with Gasteiger partial charge in [-0.15, -0.1) is 0 Å². The fourth-order valence-electron chi connectivity index (χ4n) is 2.83. The lowest BCUT2D eigenvalue weighted by atomic mass is 9.88. The molecule has 1 fully saturated rings. The molecule has 1 aliphatic heterocycles. The first-order chi connectivity index (χ1) is 12.3. The number of methoxy groups -OCH3 is 1. The molecule has 1 heterocycles. The predicted molar refractivity (Wildman–Crippen MR) is 89.2 cm³/mol. The molecule has 0 saturated carbocycles. The molecule has 0 aromatic heterocycles. The minimum Gasteiger partial charge on any atom is -0.496 e. The molecule has 0 atom stereocenters. The molecule has 1 amide bonds. The first kappa shape index (κ1) is 21.7. The van der Waals surface area contributed by atoms with Gasteiger partial charge in [0.2, 0.25) is 0 Å². The quantitative estimate of drug-likeness (QED) is 0.746. The van der Waals surface area contributed by atoms with Crippen LogP contribution in [0.2, 0.25) is 0 Å². The molecule has 9 heteroatoms. The van der Waals surface area contributed by atoms with Crippen molar-refractivity contribution in [1.29, 1.82) is 0 Å². The lowest BCUT2D eigenvalue weighted by molar-refractivity contribution is -0.736. The highest BCUT2D eigenvalue weighted by atomic mass is 19.4. The van der Waals surface area contributed by atoms with Crippen LogP contribution in [0.25, 0.3) is 0 Å². The zero-order valence-corrected chi connectivity index (χ0v) is 15.3. The van der Waals surface area contributed by atoms with E-state index in [1.165, 1.54) is 20.3 Å². The third-order valence-electron chi connectivity index (χ3n) is 4.05. The van der Waals surface area contributed by atoms with Gasteiger partial charge >= 0.3 is 17.8 Å². The van der Waals surface area contributed by atoms with E-state index < -0.39 is 12.1 Å². The van der Waals surface area contributed by atoms with E-state index in [0.717, 1.165) is 4.90 Å². The summed E-state index contributed by atoms with van der Waals surface area (Å²) >= 11 is 0. The number of rotatable bonds is 4. The zero-order chi connectivity index (χ0) is 19.9. The average Bonchev–Trinajstić information content (AvgIpc) is 2.67. The summed E-state index contributed by atoms with van der Waals surface area (Å²) < 4.78 is 42.7. The maximum Gasteiger partial charge on any atom is 0.471 e. The summed E-state index contributed by atoms with van der Waals surface area (Å²) in [5.41, 5.74) is 0.981. The average molecular weight is 377 g/mol. The Morgan fingerprint density at radius 1 is 1.19 bits per heavy atom. The van der Waals surface area contributed by atoms with Crippen LogP contribution in [0.15, 0.2) is 18.2 Å². The number of hydrogen-bond donors (Lipinski definition) is 0.